The molecule has 0 unspecified atom stereocenters. The fourth-order valence-corrected chi connectivity index (χ4v) is 3.32. The number of nitrogens with zero attached hydrogens (tertiary/aromatic N) is 4. The molecule has 2 aromatic rings. The number of aromatic nitrogens is 2. The molecule has 0 atom stereocenters. The Labute approximate surface area is 152 Å². The van der Waals surface area contributed by atoms with Crippen LogP contribution in [0.25, 0.3) is 11.0 Å². The SMILES string of the molecule is CCCN(C(=O)O)c1nc2cc(F)c(N3CCOCC3)cc2n1CCC. The fourth-order valence-electron chi connectivity index (χ4n) is 3.32. The molecule has 0 saturated carbocycles. The molecule has 142 valence electrons. The lowest BCUT2D eigenvalue weighted by Crippen LogP contribution is -2.36. The topological polar surface area (TPSA) is 70.8 Å². The van der Waals surface area contributed by atoms with Crippen LogP contribution in [0.1, 0.15) is 26.7 Å². The number of halogens is 1. The van der Waals surface area contributed by atoms with Crippen molar-refractivity contribution in [3.8, 4) is 0 Å². The molecule has 1 aromatic heterocycles. The molecule has 1 amide bonds. The third-order valence-electron chi connectivity index (χ3n) is 4.52. The number of hydrogen-bond donors (Lipinski definition) is 1. The molecule has 2 heterocycles. The summed E-state index contributed by atoms with van der Waals surface area (Å²) in [6.07, 6.45) is 0.450. The van der Waals surface area contributed by atoms with Gasteiger partial charge in [-0.2, -0.15) is 0 Å². The summed E-state index contributed by atoms with van der Waals surface area (Å²) in [5.74, 6) is 0.0131. The highest BCUT2D eigenvalue weighted by Crippen LogP contribution is 2.30. The van der Waals surface area contributed by atoms with Crippen LogP contribution in [0.15, 0.2) is 12.1 Å². The second-order valence-corrected chi connectivity index (χ2v) is 6.39. The Morgan fingerprint density at radius 2 is 2.04 bits per heavy atom. The summed E-state index contributed by atoms with van der Waals surface area (Å²) in [5.41, 5.74) is 1.75. The van der Waals surface area contributed by atoms with Gasteiger partial charge in [-0.3, -0.25) is 0 Å². The van der Waals surface area contributed by atoms with Crippen molar-refractivity contribution in [2.75, 3.05) is 42.6 Å². The summed E-state index contributed by atoms with van der Waals surface area (Å²) in [6.45, 7) is 7.31. The van der Waals surface area contributed by atoms with E-state index in [0.717, 1.165) is 11.9 Å². The van der Waals surface area contributed by atoms with Gasteiger partial charge in [0, 0.05) is 32.2 Å². The van der Waals surface area contributed by atoms with Crippen molar-refractivity contribution >= 4 is 28.8 Å². The van der Waals surface area contributed by atoms with Crippen molar-refractivity contribution in [2.24, 2.45) is 0 Å². The summed E-state index contributed by atoms with van der Waals surface area (Å²) in [7, 11) is 0. The lowest BCUT2D eigenvalue weighted by Gasteiger charge is -2.29. The van der Waals surface area contributed by atoms with Crippen molar-refractivity contribution in [1.29, 1.82) is 0 Å². The highest BCUT2D eigenvalue weighted by atomic mass is 19.1. The predicted octanol–water partition coefficient (Wildman–Crippen LogP) is 3.32. The largest absolute Gasteiger partial charge is 0.465 e. The van der Waals surface area contributed by atoms with Gasteiger partial charge in [-0.15, -0.1) is 0 Å². The number of morpholine rings is 1. The van der Waals surface area contributed by atoms with E-state index in [-0.39, 0.29) is 5.82 Å². The third kappa shape index (κ3) is 3.46. The molecule has 0 radical (unpaired) electrons. The number of carbonyl (C=O) groups is 1. The number of aryl methyl sites for hydroxylation is 1. The molecule has 1 N–H and O–H groups in total. The van der Waals surface area contributed by atoms with Gasteiger partial charge in [-0.1, -0.05) is 13.8 Å². The molecule has 3 rings (SSSR count). The van der Waals surface area contributed by atoms with Crippen molar-refractivity contribution in [1.82, 2.24) is 9.55 Å². The predicted molar refractivity (Wildman–Crippen MR) is 98.7 cm³/mol. The Balaban J connectivity index is 2.12. The minimum absolute atomic E-state index is 0.343. The Kier molecular flexibility index (Phi) is 5.61. The standard InChI is InChI=1S/C18H25FN4O3/c1-3-5-22-16-12-15(21-7-9-26-10-8-21)13(19)11-14(16)20-17(22)23(6-4-2)18(24)25/h11-12H,3-10H2,1-2H3,(H,24,25). The summed E-state index contributed by atoms with van der Waals surface area (Å²) < 4.78 is 21.9. The highest BCUT2D eigenvalue weighted by Gasteiger charge is 2.24. The molecule has 1 aromatic carbocycles. The van der Waals surface area contributed by atoms with Crippen LogP contribution in [0, 0.1) is 5.82 Å². The van der Waals surface area contributed by atoms with Crippen LogP contribution in [0.4, 0.5) is 20.8 Å². The van der Waals surface area contributed by atoms with E-state index < -0.39 is 6.09 Å². The number of fused-ring (bicyclic) bond motifs is 1. The van der Waals surface area contributed by atoms with Gasteiger partial charge in [-0.05, 0) is 18.9 Å². The van der Waals surface area contributed by atoms with Gasteiger partial charge in [0.15, 0.2) is 0 Å². The minimum Gasteiger partial charge on any atom is -0.465 e. The Bertz CT molecular complexity index is 786. The van der Waals surface area contributed by atoms with E-state index in [1.807, 2.05) is 23.3 Å². The van der Waals surface area contributed by atoms with E-state index >= 15 is 0 Å². The van der Waals surface area contributed by atoms with E-state index in [2.05, 4.69) is 4.98 Å². The average molecular weight is 364 g/mol. The molecule has 26 heavy (non-hydrogen) atoms. The maximum Gasteiger partial charge on any atom is 0.414 e. The monoisotopic (exact) mass is 364 g/mol. The molecule has 0 spiro atoms. The number of hydrogen-bond acceptors (Lipinski definition) is 4. The average Bonchev–Trinajstić information content (AvgIpc) is 2.96. The highest BCUT2D eigenvalue weighted by molar-refractivity contribution is 5.89. The zero-order valence-corrected chi connectivity index (χ0v) is 15.2. The van der Waals surface area contributed by atoms with Crippen LogP contribution in [0.3, 0.4) is 0 Å². The second-order valence-electron chi connectivity index (χ2n) is 6.39. The molecule has 1 saturated heterocycles. The van der Waals surface area contributed by atoms with Crippen molar-refractivity contribution < 1.29 is 19.0 Å². The van der Waals surface area contributed by atoms with Gasteiger partial charge in [-0.25, -0.2) is 19.1 Å². The molecule has 8 heteroatoms. The molecular formula is C18H25FN4O3. The first-order valence-corrected chi connectivity index (χ1v) is 9.09. The van der Waals surface area contributed by atoms with Crippen molar-refractivity contribution in [3.63, 3.8) is 0 Å². The normalized spacial score (nSPS) is 14.8. The van der Waals surface area contributed by atoms with Crippen LogP contribution >= 0.6 is 0 Å². The number of imidazole rings is 1. The molecule has 1 aliphatic heterocycles. The Hall–Kier alpha value is -2.35. The van der Waals surface area contributed by atoms with E-state index in [1.165, 1.54) is 11.0 Å². The van der Waals surface area contributed by atoms with Gasteiger partial charge in [0.1, 0.15) is 5.82 Å². The summed E-state index contributed by atoms with van der Waals surface area (Å²) in [4.78, 5) is 19.3. The molecule has 0 bridgehead atoms. The Morgan fingerprint density at radius 3 is 2.65 bits per heavy atom. The van der Waals surface area contributed by atoms with Gasteiger partial charge in [0.05, 0.1) is 29.9 Å². The number of rotatable bonds is 6. The smallest absolute Gasteiger partial charge is 0.414 e. The van der Waals surface area contributed by atoms with E-state index in [4.69, 9.17) is 4.74 Å². The lowest BCUT2D eigenvalue weighted by molar-refractivity contribution is 0.122. The first kappa shape index (κ1) is 18.4. The maximum absolute atomic E-state index is 14.7. The fraction of sp³-hybridized carbons (Fsp3) is 0.556. The van der Waals surface area contributed by atoms with E-state index in [9.17, 15) is 14.3 Å². The van der Waals surface area contributed by atoms with E-state index in [0.29, 0.717) is 63.0 Å². The summed E-state index contributed by atoms with van der Waals surface area (Å²) in [6, 6.07) is 3.19. The van der Waals surface area contributed by atoms with Gasteiger partial charge in [0.2, 0.25) is 5.95 Å². The second kappa shape index (κ2) is 7.90. The lowest BCUT2D eigenvalue weighted by atomic mass is 10.2. The first-order valence-electron chi connectivity index (χ1n) is 9.09. The van der Waals surface area contributed by atoms with Crippen LogP contribution in [0.2, 0.25) is 0 Å². The molecule has 1 fully saturated rings. The number of amides is 1. The third-order valence-corrected chi connectivity index (χ3v) is 4.52. The molecule has 7 nitrogen and oxygen atoms in total. The van der Waals surface area contributed by atoms with Crippen LogP contribution < -0.4 is 9.80 Å². The zero-order chi connectivity index (χ0) is 18.7. The van der Waals surface area contributed by atoms with Gasteiger partial charge >= 0.3 is 6.09 Å². The Morgan fingerprint density at radius 1 is 1.31 bits per heavy atom. The van der Waals surface area contributed by atoms with Crippen LogP contribution in [0.5, 0.6) is 0 Å². The number of carboxylic acid groups (broad SMARTS) is 1. The maximum atomic E-state index is 14.7. The number of benzene rings is 1. The number of ether oxygens (including phenoxy) is 1. The summed E-state index contributed by atoms with van der Waals surface area (Å²) >= 11 is 0. The van der Waals surface area contributed by atoms with Gasteiger partial charge in [0.25, 0.3) is 0 Å². The molecule has 0 aliphatic carbocycles. The van der Waals surface area contributed by atoms with Crippen LogP contribution in [-0.4, -0.2) is 53.6 Å². The van der Waals surface area contributed by atoms with Gasteiger partial charge < -0.3 is 19.3 Å². The molecular weight excluding hydrogens is 339 g/mol. The zero-order valence-electron chi connectivity index (χ0n) is 15.2. The van der Waals surface area contributed by atoms with E-state index in [1.54, 1.807) is 6.07 Å². The molecule has 1 aliphatic rings. The van der Waals surface area contributed by atoms with Crippen LogP contribution in [-0.2, 0) is 11.3 Å². The van der Waals surface area contributed by atoms with Crippen molar-refractivity contribution in [2.45, 2.75) is 33.2 Å². The number of anilines is 2. The summed E-state index contributed by atoms with van der Waals surface area (Å²) in [5, 5.41) is 9.57. The quantitative estimate of drug-likeness (QED) is 0.851. The first-order chi connectivity index (χ1) is 12.6. The van der Waals surface area contributed by atoms with Crippen molar-refractivity contribution in [3.05, 3.63) is 17.9 Å². The minimum atomic E-state index is -1.05.